The average molecular weight is 335 g/mol. The minimum Gasteiger partial charge on any atom is -0.354 e. The molecule has 5 heteroatoms. The van der Waals surface area contributed by atoms with E-state index < -0.39 is 0 Å². The van der Waals surface area contributed by atoms with E-state index in [0.717, 1.165) is 22.5 Å². The molecule has 0 atom stereocenters. The Hall–Kier alpha value is -1.62. The number of anilines is 3. The zero-order valence-corrected chi connectivity index (χ0v) is 13.8. The smallest absolute Gasteiger partial charge is 0.224 e. The minimum absolute atomic E-state index is 0.641. The van der Waals surface area contributed by atoms with E-state index in [1.165, 1.54) is 11.1 Å². The van der Waals surface area contributed by atoms with Crippen LogP contribution < -0.4 is 10.2 Å². The van der Waals surface area contributed by atoms with Gasteiger partial charge < -0.3 is 10.2 Å². The normalized spacial score (nSPS) is 10.4. The van der Waals surface area contributed by atoms with Crippen molar-refractivity contribution in [3.05, 3.63) is 40.0 Å². The zero-order valence-electron chi connectivity index (χ0n) is 12.2. The quantitative estimate of drug-likeness (QED) is 0.915. The Morgan fingerprint density at radius 3 is 2.45 bits per heavy atom. The lowest BCUT2D eigenvalue weighted by Gasteiger charge is -2.21. The van der Waals surface area contributed by atoms with Gasteiger partial charge in [-0.2, -0.15) is 4.98 Å². The van der Waals surface area contributed by atoms with Crippen LogP contribution >= 0.6 is 15.9 Å². The predicted octanol–water partition coefficient (Wildman–Crippen LogP) is 4.06. The molecule has 0 amide bonds. The fraction of sp³-hybridized carbons (Fsp3) is 0.333. The highest BCUT2D eigenvalue weighted by Gasteiger charge is 2.12. The molecule has 106 valence electrons. The van der Waals surface area contributed by atoms with Crippen molar-refractivity contribution in [3.63, 3.8) is 0 Å². The molecule has 0 fully saturated rings. The van der Waals surface area contributed by atoms with Crippen LogP contribution in [0.15, 0.2) is 28.9 Å². The first-order chi connectivity index (χ1) is 9.51. The third kappa shape index (κ3) is 3.28. The van der Waals surface area contributed by atoms with Gasteiger partial charge in [0.15, 0.2) is 5.82 Å². The fourth-order valence-electron chi connectivity index (χ4n) is 2.10. The van der Waals surface area contributed by atoms with Crippen LogP contribution in [0.4, 0.5) is 17.5 Å². The van der Waals surface area contributed by atoms with Crippen LogP contribution in [0.2, 0.25) is 0 Å². The summed E-state index contributed by atoms with van der Waals surface area (Å²) in [6.07, 6.45) is 1.78. The summed E-state index contributed by atoms with van der Waals surface area (Å²) in [6.45, 7) is 7.03. The molecule has 1 heterocycles. The summed E-state index contributed by atoms with van der Waals surface area (Å²) in [4.78, 5) is 10.9. The summed E-state index contributed by atoms with van der Waals surface area (Å²) in [5.74, 6) is 1.49. The Kier molecular flexibility index (Phi) is 4.60. The molecule has 1 aromatic heterocycles. The molecule has 0 saturated heterocycles. The van der Waals surface area contributed by atoms with Gasteiger partial charge in [-0.05, 0) is 60.0 Å². The number of nitrogens with one attached hydrogen (secondary N) is 1. The number of nitrogens with zero attached hydrogens (tertiary/aromatic N) is 3. The maximum atomic E-state index is 4.55. The number of rotatable bonds is 4. The SMILES string of the molecule is CCNc1ncc(Br)c(N(C)c2cc(C)cc(C)c2)n1. The van der Waals surface area contributed by atoms with Crippen molar-refractivity contribution in [1.29, 1.82) is 0 Å². The molecule has 2 aromatic rings. The topological polar surface area (TPSA) is 41.1 Å². The molecular formula is C15H19BrN4. The number of benzene rings is 1. The molecule has 1 aromatic carbocycles. The van der Waals surface area contributed by atoms with Gasteiger partial charge in [0.1, 0.15) is 0 Å². The van der Waals surface area contributed by atoms with E-state index in [4.69, 9.17) is 0 Å². The summed E-state index contributed by atoms with van der Waals surface area (Å²) in [5.41, 5.74) is 3.59. The van der Waals surface area contributed by atoms with E-state index in [-0.39, 0.29) is 0 Å². The first-order valence-corrected chi connectivity index (χ1v) is 7.39. The number of hydrogen-bond acceptors (Lipinski definition) is 4. The van der Waals surface area contributed by atoms with Crippen molar-refractivity contribution >= 4 is 33.4 Å². The van der Waals surface area contributed by atoms with E-state index in [1.807, 2.05) is 14.0 Å². The van der Waals surface area contributed by atoms with Crippen molar-refractivity contribution in [3.8, 4) is 0 Å². The van der Waals surface area contributed by atoms with Crippen LogP contribution in [0.1, 0.15) is 18.1 Å². The van der Waals surface area contributed by atoms with Crippen LogP contribution in [0.5, 0.6) is 0 Å². The monoisotopic (exact) mass is 334 g/mol. The van der Waals surface area contributed by atoms with Gasteiger partial charge in [0.2, 0.25) is 5.95 Å². The molecule has 0 saturated carbocycles. The molecule has 0 aliphatic carbocycles. The van der Waals surface area contributed by atoms with Gasteiger partial charge in [0.25, 0.3) is 0 Å². The second-order valence-electron chi connectivity index (χ2n) is 4.80. The first kappa shape index (κ1) is 14.8. The maximum absolute atomic E-state index is 4.55. The largest absolute Gasteiger partial charge is 0.354 e. The molecule has 0 aliphatic rings. The lowest BCUT2D eigenvalue weighted by molar-refractivity contribution is 1.04. The van der Waals surface area contributed by atoms with Gasteiger partial charge in [0.05, 0.1) is 4.47 Å². The summed E-state index contributed by atoms with van der Waals surface area (Å²) < 4.78 is 0.876. The molecule has 1 N–H and O–H groups in total. The highest BCUT2D eigenvalue weighted by Crippen LogP contribution is 2.30. The molecule has 20 heavy (non-hydrogen) atoms. The molecular weight excluding hydrogens is 316 g/mol. The van der Waals surface area contributed by atoms with Crippen LogP contribution in [0.3, 0.4) is 0 Å². The zero-order chi connectivity index (χ0) is 14.7. The van der Waals surface area contributed by atoms with Gasteiger partial charge in [-0.1, -0.05) is 6.07 Å². The number of halogens is 1. The molecule has 2 rings (SSSR count). The van der Waals surface area contributed by atoms with Crippen molar-refractivity contribution in [1.82, 2.24) is 9.97 Å². The second kappa shape index (κ2) is 6.22. The van der Waals surface area contributed by atoms with Gasteiger partial charge in [-0.25, -0.2) is 4.98 Å². The van der Waals surface area contributed by atoms with Crippen LogP contribution in [0.25, 0.3) is 0 Å². The van der Waals surface area contributed by atoms with Crippen LogP contribution in [0, 0.1) is 13.8 Å². The highest BCUT2D eigenvalue weighted by atomic mass is 79.9. The first-order valence-electron chi connectivity index (χ1n) is 6.59. The number of aryl methyl sites for hydroxylation is 2. The number of hydrogen-bond donors (Lipinski definition) is 1. The van der Waals surface area contributed by atoms with E-state index in [0.29, 0.717) is 5.95 Å². The minimum atomic E-state index is 0.641. The fourth-order valence-corrected chi connectivity index (χ4v) is 2.56. The van der Waals surface area contributed by atoms with Crippen molar-refractivity contribution in [2.24, 2.45) is 0 Å². The van der Waals surface area contributed by atoms with Gasteiger partial charge in [0, 0.05) is 25.5 Å². The van der Waals surface area contributed by atoms with E-state index in [1.54, 1.807) is 6.20 Å². The lowest BCUT2D eigenvalue weighted by atomic mass is 10.1. The molecule has 0 spiro atoms. The summed E-state index contributed by atoms with van der Waals surface area (Å²) in [5, 5.41) is 3.13. The van der Waals surface area contributed by atoms with Gasteiger partial charge in [-0.3, -0.25) is 0 Å². The Bertz CT molecular complexity index is 593. The van der Waals surface area contributed by atoms with Crippen LogP contribution in [-0.4, -0.2) is 23.6 Å². The molecule has 0 bridgehead atoms. The van der Waals surface area contributed by atoms with Gasteiger partial charge >= 0.3 is 0 Å². The summed E-state index contributed by atoms with van der Waals surface area (Å²) in [6, 6.07) is 6.46. The predicted molar refractivity (Wildman–Crippen MR) is 87.9 cm³/mol. The molecule has 0 aliphatic heterocycles. The van der Waals surface area contributed by atoms with E-state index in [9.17, 15) is 0 Å². The van der Waals surface area contributed by atoms with Gasteiger partial charge in [-0.15, -0.1) is 0 Å². The van der Waals surface area contributed by atoms with E-state index >= 15 is 0 Å². The van der Waals surface area contributed by atoms with Crippen molar-refractivity contribution in [2.75, 3.05) is 23.8 Å². The molecule has 0 radical (unpaired) electrons. The Morgan fingerprint density at radius 1 is 1.20 bits per heavy atom. The number of aromatic nitrogens is 2. The highest BCUT2D eigenvalue weighted by molar-refractivity contribution is 9.10. The van der Waals surface area contributed by atoms with Crippen LogP contribution in [-0.2, 0) is 0 Å². The van der Waals surface area contributed by atoms with E-state index in [2.05, 4.69) is 68.2 Å². The summed E-state index contributed by atoms with van der Waals surface area (Å²) >= 11 is 3.52. The molecule has 0 unspecified atom stereocenters. The third-order valence-corrected chi connectivity index (χ3v) is 3.53. The second-order valence-corrected chi connectivity index (χ2v) is 5.65. The van der Waals surface area contributed by atoms with Crippen molar-refractivity contribution in [2.45, 2.75) is 20.8 Å². The molecule has 4 nitrogen and oxygen atoms in total. The Morgan fingerprint density at radius 2 is 1.85 bits per heavy atom. The Labute approximate surface area is 128 Å². The third-order valence-electron chi connectivity index (χ3n) is 2.97. The lowest BCUT2D eigenvalue weighted by Crippen LogP contribution is -2.14. The standard InChI is InChI=1S/C15H19BrN4/c1-5-17-15-18-9-13(16)14(19-15)20(4)12-7-10(2)6-11(3)8-12/h6-9H,5H2,1-4H3,(H,17,18,19). The average Bonchev–Trinajstić information content (AvgIpc) is 2.39. The maximum Gasteiger partial charge on any atom is 0.224 e. The van der Waals surface area contributed by atoms with Crippen molar-refractivity contribution < 1.29 is 0 Å². The summed E-state index contributed by atoms with van der Waals surface area (Å²) in [7, 11) is 2.01. The Balaban J connectivity index is 2.41.